The predicted octanol–water partition coefficient (Wildman–Crippen LogP) is 2.88. The first-order chi connectivity index (χ1) is 11.0. The number of aromatic hydroxyl groups is 1. The van der Waals surface area contributed by atoms with Crippen molar-refractivity contribution in [1.82, 2.24) is 10.3 Å². The van der Waals surface area contributed by atoms with Crippen LogP contribution in [0.1, 0.15) is 5.56 Å². The van der Waals surface area contributed by atoms with Crippen LogP contribution in [-0.4, -0.2) is 36.3 Å². The molecular formula is C16H16F3N3O. The van der Waals surface area contributed by atoms with Gasteiger partial charge >= 0.3 is 6.18 Å². The number of benzene rings is 1. The second-order valence-corrected chi connectivity index (χ2v) is 5.30. The Morgan fingerprint density at radius 2 is 1.83 bits per heavy atom. The van der Waals surface area contributed by atoms with E-state index in [1.54, 1.807) is 12.1 Å². The van der Waals surface area contributed by atoms with Crippen molar-refractivity contribution in [2.75, 3.05) is 31.1 Å². The van der Waals surface area contributed by atoms with Gasteiger partial charge in [-0.05, 0) is 24.3 Å². The maximum Gasteiger partial charge on any atom is 0.420 e. The Hall–Kier alpha value is -2.28. The Bertz CT molecular complexity index is 683. The number of phenols is 1. The Morgan fingerprint density at radius 3 is 2.43 bits per heavy atom. The number of pyridine rings is 1. The summed E-state index contributed by atoms with van der Waals surface area (Å²) < 4.78 is 40.6. The van der Waals surface area contributed by atoms with Crippen LogP contribution in [-0.2, 0) is 6.18 Å². The van der Waals surface area contributed by atoms with E-state index in [1.165, 1.54) is 18.3 Å². The van der Waals surface area contributed by atoms with Crippen LogP contribution >= 0.6 is 0 Å². The number of hydrogen-bond acceptors (Lipinski definition) is 4. The monoisotopic (exact) mass is 323 g/mol. The molecule has 0 aliphatic carbocycles. The van der Waals surface area contributed by atoms with Gasteiger partial charge in [0.25, 0.3) is 0 Å². The average Bonchev–Trinajstić information content (AvgIpc) is 2.55. The van der Waals surface area contributed by atoms with Crippen LogP contribution in [0, 0.1) is 0 Å². The van der Waals surface area contributed by atoms with Gasteiger partial charge in [-0.2, -0.15) is 13.2 Å². The lowest BCUT2D eigenvalue weighted by molar-refractivity contribution is -0.138. The van der Waals surface area contributed by atoms with Gasteiger partial charge in [0.05, 0.1) is 5.69 Å². The lowest BCUT2D eigenvalue weighted by Crippen LogP contribution is -2.43. The fraction of sp³-hybridized carbons (Fsp3) is 0.312. The van der Waals surface area contributed by atoms with Crippen molar-refractivity contribution < 1.29 is 18.3 Å². The number of piperazine rings is 1. The Balaban J connectivity index is 2.24. The third-order valence-corrected chi connectivity index (χ3v) is 3.82. The van der Waals surface area contributed by atoms with Gasteiger partial charge in [0.2, 0.25) is 0 Å². The first-order valence-corrected chi connectivity index (χ1v) is 7.28. The number of alkyl halides is 3. The zero-order valence-corrected chi connectivity index (χ0v) is 12.3. The molecule has 1 aromatic carbocycles. The van der Waals surface area contributed by atoms with Crippen LogP contribution in [0.5, 0.6) is 5.75 Å². The molecule has 0 radical (unpaired) electrons. The van der Waals surface area contributed by atoms with E-state index in [1.807, 2.05) is 4.90 Å². The standard InChI is InChI=1S/C16H16F3N3O/c17-16(18,19)15-13(23)5-4-12(22-9-7-20-8-10-22)14(15)11-3-1-2-6-21-11/h1-6,20,23H,7-10H2. The van der Waals surface area contributed by atoms with Crippen molar-refractivity contribution in [1.29, 1.82) is 0 Å². The first-order valence-electron chi connectivity index (χ1n) is 7.28. The summed E-state index contributed by atoms with van der Waals surface area (Å²) in [7, 11) is 0. The number of aromatic nitrogens is 1. The topological polar surface area (TPSA) is 48.4 Å². The van der Waals surface area contributed by atoms with E-state index in [0.29, 0.717) is 31.9 Å². The predicted molar refractivity (Wildman–Crippen MR) is 81.4 cm³/mol. The molecule has 0 amide bonds. The normalized spacial score (nSPS) is 15.7. The molecule has 2 N–H and O–H groups in total. The van der Waals surface area contributed by atoms with Gasteiger partial charge < -0.3 is 15.3 Å². The van der Waals surface area contributed by atoms with Gasteiger partial charge in [0, 0.05) is 43.6 Å². The highest BCUT2D eigenvalue weighted by Crippen LogP contribution is 2.46. The van der Waals surface area contributed by atoms with Crippen molar-refractivity contribution in [3.63, 3.8) is 0 Å². The number of phenolic OH excluding ortho intramolecular Hbond substituents is 1. The van der Waals surface area contributed by atoms with Crippen molar-refractivity contribution in [3.8, 4) is 17.0 Å². The molecule has 1 fully saturated rings. The van der Waals surface area contributed by atoms with E-state index in [2.05, 4.69) is 10.3 Å². The largest absolute Gasteiger partial charge is 0.507 e. The zero-order chi connectivity index (χ0) is 16.4. The molecule has 2 aromatic rings. The summed E-state index contributed by atoms with van der Waals surface area (Å²) in [6.45, 7) is 2.59. The highest BCUT2D eigenvalue weighted by atomic mass is 19.4. The molecule has 0 bridgehead atoms. The summed E-state index contributed by atoms with van der Waals surface area (Å²) >= 11 is 0. The number of nitrogens with zero attached hydrogens (tertiary/aromatic N) is 2. The summed E-state index contributed by atoms with van der Waals surface area (Å²) in [5.41, 5.74) is -0.466. The molecule has 122 valence electrons. The highest BCUT2D eigenvalue weighted by Gasteiger charge is 2.39. The Labute approximate surface area is 131 Å². The third kappa shape index (κ3) is 3.10. The molecule has 2 heterocycles. The summed E-state index contributed by atoms with van der Waals surface area (Å²) in [4.78, 5) is 5.95. The molecule has 1 saturated heterocycles. The van der Waals surface area contributed by atoms with Gasteiger partial charge in [-0.1, -0.05) is 6.07 Å². The minimum Gasteiger partial charge on any atom is -0.507 e. The van der Waals surface area contributed by atoms with Gasteiger partial charge in [0.15, 0.2) is 0 Å². The van der Waals surface area contributed by atoms with Gasteiger partial charge in [-0.25, -0.2) is 0 Å². The van der Waals surface area contributed by atoms with Gasteiger partial charge in [0.1, 0.15) is 11.3 Å². The van der Waals surface area contributed by atoms with E-state index < -0.39 is 17.5 Å². The minimum atomic E-state index is -4.67. The van der Waals surface area contributed by atoms with Crippen LogP contribution in [0.3, 0.4) is 0 Å². The molecule has 0 spiro atoms. The number of anilines is 1. The van der Waals surface area contributed by atoms with Crippen molar-refractivity contribution in [3.05, 3.63) is 42.1 Å². The SMILES string of the molecule is Oc1ccc(N2CCNCC2)c(-c2ccccn2)c1C(F)(F)F. The maximum absolute atomic E-state index is 13.5. The van der Waals surface area contributed by atoms with Crippen molar-refractivity contribution in [2.45, 2.75) is 6.18 Å². The van der Waals surface area contributed by atoms with Crippen molar-refractivity contribution in [2.24, 2.45) is 0 Å². The zero-order valence-electron chi connectivity index (χ0n) is 12.3. The maximum atomic E-state index is 13.5. The van der Waals surface area contributed by atoms with Crippen LogP contribution < -0.4 is 10.2 Å². The molecule has 1 aromatic heterocycles. The molecule has 1 aliphatic heterocycles. The molecule has 4 nitrogen and oxygen atoms in total. The number of nitrogens with one attached hydrogen (secondary N) is 1. The van der Waals surface area contributed by atoms with Gasteiger partial charge in [-0.3, -0.25) is 4.98 Å². The highest BCUT2D eigenvalue weighted by molar-refractivity contribution is 5.82. The van der Waals surface area contributed by atoms with Crippen molar-refractivity contribution >= 4 is 5.69 Å². The Kier molecular flexibility index (Phi) is 4.12. The minimum absolute atomic E-state index is 0.0694. The number of hydrogen-bond donors (Lipinski definition) is 2. The molecule has 1 aliphatic rings. The summed E-state index contributed by atoms with van der Waals surface area (Å²) in [5, 5.41) is 13.0. The molecule has 3 rings (SSSR count). The molecule has 0 unspecified atom stereocenters. The lowest BCUT2D eigenvalue weighted by Gasteiger charge is -2.32. The second-order valence-electron chi connectivity index (χ2n) is 5.30. The molecular weight excluding hydrogens is 307 g/mol. The summed E-state index contributed by atoms with van der Waals surface area (Å²) in [6, 6.07) is 7.43. The lowest BCUT2D eigenvalue weighted by atomic mass is 9.98. The molecule has 23 heavy (non-hydrogen) atoms. The third-order valence-electron chi connectivity index (χ3n) is 3.82. The van der Waals surface area contributed by atoms with E-state index in [-0.39, 0.29) is 11.3 Å². The fourth-order valence-electron chi connectivity index (χ4n) is 2.81. The van der Waals surface area contributed by atoms with E-state index in [4.69, 9.17) is 0 Å². The number of rotatable bonds is 2. The average molecular weight is 323 g/mol. The van der Waals surface area contributed by atoms with E-state index in [9.17, 15) is 18.3 Å². The summed E-state index contributed by atoms with van der Waals surface area (Å²) in [5.74, 6) is -0.781. The second kappa shape index (κ2) is 6.08. The smallest absolute Gasteiger partial charge is 0.420 e. The Morgan fingerprint density at radius 1 is 1.09 bits per heavy atom. The fourth-order valence-corrected chi connectivity index (χ4v) is 2.81. The van der Waals surface area contributed by atoms with E-state index >= 15 is 0 Å². The van der Waals surface area contributed by atoms with Crippen LogP contribution in [0.2, 0.25) is 0 Å². The van der Waals surface area contributed by atoms with Crippen LogP contribution in [0.25, 0.3) is 11.3 Å². The van der Waals surface area contributed by atoms with E-state index in [0.717, 1.165) is 6.07 Å². The summed E-state index contributed by atoms with van der Waals surface area (Å²) in [6.07, 6.45) is -3.22. The molecule has 0 saturated carbocycles. The quantitative estimate of drug-likeness (QED) is 0.892. The van der Waals surface area contributed by atoms with Crippen LogP contribution in [0.4, 0.5) is 18.9 Å². The van der Waals surface area contributed by atoms with Gasteiger partial charge in [-0.15, -0.1) is 0 Å². The number of halogens is 3. The van der Waals surface area contributed by atoms with Crippen LogP contribution in [0.15, 0.2) is 36.5 Å². The molecule has 7 heteroatoms. The molecule has 0 atom stereocenters. The first kappa shape index (κ1) is 15.6.